The maximum absolute atomic E-state index is 12.0. The van der Waals surface area contributed by atoms with Crippen molar-refractivity contribution in [3.63, 3.8) is 0 Å². The molecule has 2 rings (SSSR count). The fourth-order valence-corrected chi connectivity index (χ4v) is 2.63. The number of rotatable bonds is 7. The van der Waals surface area contributed by atoms with Crippen molar-refractivity contribution in [2.45, 2.75) is 4.90 Å². The van der Waals surface area contributed by atoms with Crippen LogP contribution in [-0.2, 0) is 10.0 Å². The molecular weight excluding hydrogens is 330 g/mol. The van der Waals surface area contributed by atoms with E-state index in [4.69, 9.17) is 14.7 Å². The molecule has 2 aromatic carbocycles. The summed E-state index contributed by atoms with van der Waals surface area (Å²) in [5, 5.41) is 12.3. The van der Waals surface area contributed by atoms with E-state index in [2.05, 4.69) is 9.93 Å². The largest absolute Gasteiger partial charge is 0.493 e. The Balaban J connectivity index is 2.11. The van der Waals surface area contributed by atoms with E-state index < -0.39 is 10.0 Å². The second-order valence-corrected chi connectivity index (χ2v) is 6.18. The van der Waals surface area contributed by atoms with Gasteiger partial charge in [-0.25, -0.2) is 4.83 Å². The highest BCUT2D eigenvalue weighted by atomic mass is 32.2. The Morgan fingerprint density at radius 2 is 1.96 bits per heavy atom. The van der Waals surface area contributed by atoms with E-state index in [1.54, 1.807) is 36.4 Å². The molecule has 2 aromatic rings. The first-order valence-electron chi connectivity index (χ1n) is 6.84. The van der Waals surface area contributed by atoms with E-state index in [1.165, 1.54) is 25.5 Å². The molecule has 0 spiro atoms. The van der Waals surface area contributed by atoms with Crippen LogP contribution in [0.3, 0.4) is 0 Å². The quantitative estimate of drug-likeness (QED) is 0.610. The summed E-state index contributed by atoms with van der Waals surface area (Å²) >= 11 is 0. The summed E-state index contributed by atoms with van der Waals surface area (Å²) in [4.78, 5) is 2.26. The zero-order valence-electron chi connectivity index (χ0n) is 12.8. The van der Waals surface area contributed by atoms with E-state index in [-0.39, 0.29) is 11.5 Å². The van der Waals surface area contributed by atoms with Crippen LogP contribution in [0.2, 0.25) is 0 Å². The van der Waals surface area contributed by atoms with Gasteiger partial charge < -0.3 is 9.47 Å². The second kappa shape index (κ2) is 7.99. The Morgan fingerprint density at radius 3 is 2.62 bits per heavy atom. The van der Waals surface area contributed by atoms with Gasteiger partial charge in [0.25, 0.3) is 10.0 Å². The van der Waals surface area contributed by atoms with Crippen molar-refractivity contribution in [1.29, 1.82) is 5.26 Å². The standard InChI is InChI=1S/C16H15N3O4S/c1-22-16-11-13(7-8-15(16)23-10-9-17)12-18-19-24(20,21)14-5-3-2-4-6-14/h2-8,11-12,19H,10H2,1H3/b18-12-. The van der Waals surface area contributed by atoms with Crippen LogP contribution in [0.4, 0.5) is 0 Å². The van der Waals surface area contributed by atoms with Crippen molar-refractivity contribution < 1.29 is 17.9 Å². The van der Waals surface area contributed by atoms with E-state index in [0.717, 1.165) is 0 Å². The molecule has 0 saturated carbocycles. The van der Waals surface area contributed by atoms with Crippen molar-refractivity contribution in [2.24, 2.45) is 5.10 Å². The molecule has 24 heavy (non-hydrogen) atoms. The van der Waals surface area contributed by atoms with Gasteiger partial charge in [0.1, 0.15) is 6.07 Å². The number of hydrogen-bond acceptors (Lipinski definition) is 6. The third-order valence-electron chi connectivity index (χ3n) is 2.92. The predicted octanol–water partition coefficient (Wildman–Crippen LogP) is 1.91. The van der Waals surface area contributed by atoms with Crippen LogP contribution < -0.4 is 14.3 Å². The third kappa shape index (κ3) is 4.47. The summed E-state index contributed by atoms with van der Waals surface area (Å²) in [6.07, 6.45) is 1.34. The molecule has 0 atom stereocenters. The first kappa shape index (κ1) is 17.3. The molecule has 0 heterocycles. The van der Waals surface area contributed by atoms with Gasteiger partial charge in [-0.15, -0.1) is 0 Å². The van der Waals surface area contributed by atoms with Crippen LogP contribution in [0.25, 0.3) is 0 Å². The minimum absolute atomic E-state index is 0.0966. The Bertz CT molecular complexity index is 859. The first-order chi connectivity index (χ1) is 11.6. The fraction of sp³-hybridized carbons (Fsp3) is 0.125. The minimum atomic E-state index is -3.71. The van der Waals surface area contributed by atoms with Crippen molar-refractivity contribution in [3.05, 3.63) is 54.1 Å². The summed E-state index contributed by atoms with van der Waals surface area (Å²) in [7, 11) is -2.24. The summed E-state index contributed by atoms with van der Waals surface area (Å²) in [5.74, 6) is 0.834. The Kier molecular flexibility index (Phi) is 5.76. The molecule has 0 amide bonds. The lowest BCUT2D eigenvalue weighted by Crippen LogP contribution is -2.18. The van der Waals surface area contributed by atoms with Gasteiger partial charge in [-0.1, -0.05) is 18.2 Å². The van der Waals surface area contributed by atoms with Crippen LogP contribution in [0.15, 0.2) is 58.5 Å². The maximum Gasteiger partial charge on any atom is 0.276 e. The number of sulfonamides is 1. The molecule has 0 saturated heterocycles. The molecule has 1 N–H and O–H groups in total. The minimum Gasteiger partial charge on any atom is -0.493 e. The Hall–Kier alpha value is -3.05. The predicted molar refractivity (Wildman–Crippen MR) is 88.5 cm³/mol. The van der Waals surface area contributed by atoms with E-state index in [9.17, 15) is 8.42 Å². The normalized spacial score (nSPS) is 11.0. The van der Waals surface area contributed by atoms with Gasteiger partial charge >= 0.3 is 0 Å². The average molecular weight is 345 g/mol. The molecule has 0 fully saturated rings. The number of nitrogens with zero attached hydrogens (tertiary/aromatic N) is 2. The molecule has 0 aliphatic rings. The van der Waals surface area contributed by atoms with Gasteiger partial charge in [-0.05, 0) is 35.9 Å². The number of methoxy groups -OCH3 is 1. The monoisotopic (exact) mass is 345 g/mol. The number of nitrogens with one attached hydrogen (secondary N) is 1. The summed E-state index contributed by atoms with van der Waals surface area (Å²) in [6.45, 7) is -0.0966. The van der Waals surface area contributed by atoms with Gasteiger partial charge in [-0.2, -0.15) is 18.8 Å². The molecule has 0 bridgehead atoms. The Morgan fingerprint density at radius 1 is 1.21 bits per heavy atom. The number of hydrogen-bond donors (Lipinski definition) is 1. The molecule has 0 radical (unpaired) electrons. The molecule has 0 aliphatic heterocycles. The lowest BCUT2D eigenvalue weighted by Gasteiger charge is -2.08. The van der Waals surface area contributed by atoms with Crippen molar-refractivity contribution in [3.8, 4) is 17.6 Å². The smallest absolute Gasteiger partial charge is 0.276 e. The summed E-state index contributed by atoms with van der Waals surface area (Å²) in [5.41, 5.74) is 0.604. The van der Waals surface area contributed by atoms with Crippen LogP contribution in [0.1, 0.15) is 5.56 Å². The van der Waals surface area contributed by atoms with Crippen molar-refractivity contribution in [1.82, 2.24) is 4.83 Å². The topological polar surface area (TPSA) is 101 Å². The number of benzene rings is 2. The second-order valence-electron chi connectivity index (χ2n) is 4.52. The van der Waals surface area contributed by atoms with Crippen molar-refractivity contribution >= 4 is 16.2 Å². The van der Waals surface area contributed by atoms with Crippen LogP contribution >= 0.6 is 0 Å². The summed E-state index contributed by atoms with van der Waals surface area (Å²) < 4.78 is 34.4. The van der Waals surface area contributed by atoms with Gasteiger partial charge in [0.15, 0.2) is 18.1 Å². The summed E-state index contributed by atoms with van der Waals surface area (Å²) in [6, 6.07) is 14.7. The fourth-order valence-electron chi connectivity index (χ4n) is 1.82. The highest BCUT2D eigenvalue weighted by molar-refractivity contribution is 7.89. The molecule has 0 aromatic heterocycles. The molecule has 8 heteroatoms. The van der Waals surface area contributed by atoms with E-state index in [0.29, 0.717) is 17.1 Å². The number of hydrazone groups is 1. The zero-order chi connectivity index (χ0) is 17.4. The SMILES string of the molecule is COc1cc(/C=N\NS(=O)(=O)c2ccccc2)ccc1OCC#N. The van der Waals surface area contributed by atoms with Gasteiger partial charge in [0, 0.05) is 0 Å². The molecular formula is C16H15N3O4S. The van der Waals surface area contributed by atoms with E-state index >= 15 is 0 Å². The van der Waals surface area contributed by atoms with E-state index in [1.807, 2.05) is 6.07 Å². The number of nitriles is 1. The highest BCUT2D eigenvalue weighted by Gasteiger charge is 2.11. The maximum atomic E-state index is 12.0. The average Bonchev–Trinajstić information content (AvgIpc) is 2.61. The first-order valence-corrected chi connectivity index (χ1v) is 8.33. The highest BCUT2D eigenvalue weighted by Crippen LogP contribution is 2.27. The molecule has 0 unspecified atom stereocenters. The third-order valence-corrected chi connectivity index (χ3v) is 4.16. The van der Waals surface area contributed by atoms with Gasteiger partial charge in [0.2, 0.25) is 0 Å². The van der Waals surface area contributed by atoms with Gasteiger partial charge in [-0.3, -0.25) is 0 Å². The number of ether oxygens (including phenoxy) is 2. The lowest BCUT2D eigenvalue weighted by atomic mass is 10.2. The molecule has 0 aliphatic carbocycles. The van der Waals surface area contributed by atoms with Crippen LogP contribution in [-0.4, -0.2) is 28.3 Å². The molecule has 7 nitrogen and oxygen atoms in total. The Labute approximate surface area is 140 Å². The lowest BCUT2D eigenvalue weighted by molar-refractivity contribution is 0.329. The molecule has 124 valence electrons. The zero-order valence-corrected chi connectivity index (χ0v) is 13.7. The van der Waals surface area contributed by atoms with Gasteiger partial charge in [0.05, 0.1) is 18.2 Å². The van der Waals surface area contributed by atoms with Crippen LogP contribution in [0, 0.1) is 11.3 Å². The van der Waals surface area contributed by atoms with Crippen LogP contribution in [0.5, 0.6) is 11.5 Å². The van der Waals surface area contributed by atoms with Crippen molar-refractivity contribution in [2.75, 3.05) is 13.7 Å².